The number of hydrogen-bond donors (Lipinski definition) is 1. The second-order valence-corrected chi connectivity index (χ2v) is 8.11. The van der Waals surface area contributed by atoms with Crippen LogP contribution >= 0.6 is 45.8 Å². The van der Waals surface area contributed by atoms with Crippen molar-refractivity contribution in [1.29, 1.82) is 0 Å². The molecular formula is C22H18Cl2IN3O3. The first-order valence-corrected chi connectivity index (χ1v) is 11.1. The number of nitrogens with zero attached hydrogens (tertiary/aromatic N) is 2. The molecule has 0 spiro atoms. The number of hydrogen-bond acceptors (Lipinski definition) is 5. The molecule has 0 fully saturated rings. The number of aromatic nitrogens is 1. The minimum atomic E-state index is -0.450. The quantitative estimate of drug-likeness (QED) is 0.163. The largest absolute Gasteiger partial charge is 0.490 e. The Morgan fingerprint density at radius 1 is 1.19 bits per heavy atom. The first-order chi connectivity index (χ1) is 15.0. The molecular weight excluding hydrogens is 552 g/mol. The van der Waals surface area contributed by atoms with Gasteiger partial charge in [0.2, 0.25) is 0 Å². The molecule has 0 aliphatic rings. The molecule has 1 heterocycles. The summed E-state index contributed by atoms with van der Waals surface area (Å²) in [6, 6.07) is 14.4. The van der Waals surface area contributed by atoms with Crippen LogP contribution in [0.3, 0.4) is 0 Å². The number of halogens is 3. The Morgan fingerprint density at radius 2 is 2.00 bits per heavy atom. The Balaban J connectivity index is 1.74. The fraction of sp³-hybridized carbons (Fsp3) is 0.136. The van der Waals surface area contributed by atoms with Crippen LogP contribution in [0.5, 0.6) is 11.5 Å². The zero-order chi connectivity index (χ0) is 22.2. The van der Waals surface area contributed by atoms with E-state index in [1.165, 1.54) is 12.4 Å². The first kappa shape index (κ1) is 23.3. The van der Waals surface area contributed by atoms with E-state index in [0.29, 0.717) is 29.7 Å². The van der Waals surface area contributed by atoms with Gasteiger partial charge in [0.25, 0.3) is 5.91 Å². The van der Waals surface area contributed by atoms with Gasteiger partial charge in [0.1, 0.15) is 11.8 Å². The van der Waals surface area contributed by atoms with E-state index in [1.807, 2.05) is 37.3 Å². The van der Waals surface area contributed by atoms with Crippen molar-refractivity contribution in [3.8, 4) is 11.5 Å². The lowest BCUT2D eigenvalue weighted by atomic mass is 10.2. The van der Waals surface area contributed by atoms with Gasteiger partial charge in [-0.25, -0.2) is 10.4 Å². The van der Waals surface area contributed by atoms with Crippen molar-refractivity contribution >= 4 is 57.9 Å². The molecule has 0 aliphatic heterocycles. The third kappa shape index (κ3) is 6.32. The molecule has 0 unspecified atom stereocenters. The fourth-order valence-corrected chi connectivity index (χ4v) is 3.79. The summed E-state index contributed by atoms with van der Waals surface area (Å²) in [6.07, 6.45) is 3.03. The number of nitrogens with one attached hydrogen (secondary N) is 1. The molecule has 1 amide bonds. The van der Waals surface area contributed by atoms with Crippen LogP contribution in [0.2, 0.25) is 10.2 Å². The molecule has 6 nitrogen and oxygen atoms in total. The summed E-state index contributed by atoms with van der Waals surface area (Å²) < 4.78 is 12.6. The van der Waals surface area contributed by atoms with E-state index in [4.69, 9.17) is 32.7 Å². The molecule has 0 bridgehead atoms. The summed E-state index contributed by atoms with van der Waals surface area (Å²) in [5, 5.41) is 4.76. The number of carbonyl (C=O) groups is 1. The van der Waals surface area contributed by atoms with Crippen molar-refractivity contribution < 1.29 is 14.3 Å². The molecule has 31 heavy (non-hydrogen) atoms. The standard InChI is InChI=1S/C22H18Cl2IN3O3/c1-2-30-19-11-14(12-27-28-22(29)16-7-5-9-26-21(16)24)10-18(25)20(19)31-13-15-6-3-4-8-17(15)23/h3-12H,2,13H2,1H3,(H,28,29). The number of hydrazone groups is 1. The van der Waals surface area contributed by atoms with Gasteiger partial charge in [-0.05, 0) is 65.4 Å². The van der Waals surface area contributed by atoms with Gasteiger partial charge in [-0.3, -0.25) is 4.79 Å². The Morgan fingerprint density at radius 3 is 2.74 bits per heavy atom. The monoisotopic (exact) mass is 569 g/mol. The molecule has 160 valence electrons. The Labute approximate surface area is 203 Å². The number of amides is 1. The van der Waals surface area contributed by atoms with Crippen LogP contribution in [0.25, 0.3) is 0 Å². The molecule has 1 N–H and O–H groups in total. The number of pyridine rings is 1. The van der Waals surface area contributed by atoms with Crippen molar-refractivity contribution in [3.05, 3.63) is 85.2 Å². The summed E-state index contributed by atoms with van der Waals surface area (Å²) in [5.41, 5.74) is 4.30. The molecule has 0 atom stereocenters. The second-order valence-electron chi connectivity index (χ2n) is 6.18. The van der Waals surface area contributed by atoms with Crippen LogP contribution in [0.15, 0.2) is 59.8 Å². The van der Waals surface area contributed by atoms with Crippen LogP contribution in [0.1, 0.15) is 28.4 Å². The van der Waals surface area contributed by atoms with Gasteiger partial charge in [-0.15, -0.1) is 0 Å². The molecule has 0 saturated heterocycles. The zero-order valence-electron chi connectivity index (χ0n) is 16.4. The molecule has 0 saturated carbocycles. The first-order valence-electron chi connectivity index (χ1n) is 9.26. The fourth-order valence-electron chi connectivity index (χ4n) is 2.61. The van der Waals surface area contributed by atoms with Gasteiger partial charge in [0.15, 0.2) is 11.5 Å². The summed E-state index contributed by atoms with van der Waals surface area (Å²) in [7, 11) is 0. The van der Waals surface area contributed by atoms with Crippen LogP contribution in [0, 0.1) is 3.57 Å². The average molecular weight is 570 g/mol. The summed E-state index contributed by atoms with van der Waals surface area (Å²) in [5.74, 6) is 0.740. The SMILES string of the molecule is CCOc1cc(C=NNC(=O)c2cccnc2Cl)cc(I)c1OCc1ccccc1Cl. The lowest BCUT2D eigenvalue weighted by Gasteiger charge is -2.15. The van der Waals surface area contributed by atoms with Crippen LogP contribution in [-0.4, -0.2) is 23.7 Å². The van der Waals surface area contributed by atoms with Gasteiger partial charge < -0.3 is 9.47 Å². The Hall–Kier alpha value is -2.36. The van der Waals surface area contributed by atoms with Crippen molar-refractivity contribution in [1.82, 2.24) is 10.4 Å². The van der Waals surface area contributed by atoms with Gasteiger partial charge in [-0.1, -0.05) is 41.4 Å². The van der Waals surface area contributed by atoms with E-state index >= 15 is 0 Å². The number of rotatable bonds is 8. The minimum Gasteiger partial charge on any atom is -0.490 e. The molecule has 3 aromatic rings. The predicted molar refractivity (Wildman–Crippen MR) is 130 cm³/mol. The van der Waals surface area contributed by atoms with Crippen LogP contribution in [0.4, 0.5) is 0 Å². The highest BCUT2D eigenvalue weighted by atomic mass is 127. The maximum atomic E-state index is 12.2. The highest BCUT2D eigenvalue weighted by Crippen LogP contribution is 2.35. The summed E-state index contributed by atoms with van der Waals surface area (Å²) in [4.78, 5) is 16.1. The molecule has 3 rings (SSSR count). The van der Waals surface area contributed by atoms with E-state index in [1.54, 1.807) is 18.2 Å². The van der Waals surface area contributed by atoms with Crippen molar-refractivity contribution in [2.45, 2.75) is 13.5 Å². The number of ether oxygens (including phenoxy) is 2. The average Bonchev–Trinajstić information content (AvgIpc) is 2.75. The normalized spacial score (nSPS) is 10.8. The minimum absolute atomic E-state index is 0.114. The smallest absolute Gasteiger partial charge is 0.274 e. The van der Waals surface area contributed by atoms with Crippen molar-refractivity contribution in [2.24, 2.45) is 5.10 Å². The van der Waals surface area contributed by atoms with Crippen LogP contribution in [-0.2, 0) is 6.61 Å². The van der Waals surface area contributed by atoms with Gasteiger partial charge in [-0.2, -0.15) is 5.10 Å². The third-order valence-corrected chi connectivity index (χ3v) is 5.52. The lowest BCUT2D eigenvalue weighted by molar-refractivity contribution is 0.0955. The van der Waals surface area contributed by atoms with E-state index < -0.39 is 5.91 Å². The maximum absolute atomic E-state index is 12.2. The van der Waals surface area contributed by atoms with E-state index in [-0.39, 0.29) is 10.7 Å². The van der Waals surface area contributed by atoms with E-state index in [9.17, 15) is 4.79 Å². The highest BCUT2D eigenvalue weighted by molar-refractivity contribution is 14.1. The summed E-state index contributed by atoms with van der Waals surface area (Å²) >= 11 is 14.3. The third-order valence-electron chi connectivity index (χ3n) is 4.04. The Bertz CT molecular complexity index is 1110. The molecule has 1 aromatic heterocycles. The maximum Gasteiger partial charge on any atom is 0.274 e. The number of benzene rings is 2. The van der Waals surface area contributed by atoms with E-state index in [0.717, 1.165) is 14.7 Å². The molecule has 2 aromatic carbocycles. The number of carbonyl (C=O) groups excluding carboxylic acids is 1. The van der Waals surface area contributed by atoms with E-state index in [2.05, 4.69) is 38.1 Å². The lowest BCUT2D eigenvalue weighted by Crippen LogP contribution is -2.18. The topological polar surface area (TPSA) is 72.8 Å². The molecule has 0 aliphatic carbocycles. The highest BCUT2D eigenvalue weighted by Gasteiger charge is 2.13. The van der Waals surface area contributed by atoms with Gasteiger partial charge in [0.05, 0.1) is 22.0 Å². The van der Waals surface area contributed by atoms with Crippen LogP contribution < -0.4 is 14.9 Å². The molecule has 9 heteroatoms. The van der Waals surface area contributed by atoms with Gasteiger partial charge >= 0.3 is 0 Å². The van der Waals surface area contributed by atoms with Crippen molar-refractivity contribution in [3.63, 3.8) is 0 Å². The predicted octanol–water partition coefficient (Wildman–Crippen LogP) is 5.73. The second kappa shape index (κ2) is 11.3. The zero-order valence-corrected chi connectivity index (χ0v) is 20.1. The summed E-state index contributed by atoms with van der Waals surface area (Å²) in [6.45, 7) is 2.67. The van der Waals surface area contributed by atoms with Gasteiger partial charge in [0, 0.05) is 16.8 Å². The van der Waals surface area contributed by atoms with Crippen molar-refractivity contribution in [2.75, 3.05) is 6.61 Å². The molecule has 0 radical (unpaired) electrons. The Kier molecular flexibility index (Phi) is 8.51.